The number of fused-ring (bicyclic) bond motifs is 2. The summed E-state index contributed by atoms with van der Waals surface area (Å²) in [5.41, 5.74) is 1.99. The van der Waals surface area contributed by atoms with Crippen LogP contribution in [-0.4, -0.2) is 28.3 Å². The number of hydrogen-bond donors (Lipinski definition) is 1. The van der Waals surface area contributed by atoms with E-state index in [2.05, 4.69) is 10.4 Å². The molecule has 0 bridgehead atoms. The Bertz CT molecular complexity index is 1500. The molecule has 0 radical (unpaired) electrons. The Hall–Kier alpha value is -4.72. The van der Waals surface area contributed by atoms with E-state index in [1.54, 1.807) is 31.2 Å². The predicted molar refractivity (Wildman–Crippen MR) is 134 cm³/mol. The number of rotatable bonds is 5. The number of nitrogens with one attached hydrogen (secondary N) is 1. The van der Waals surface area contributed by atoms with Gasteiger partial charge in [-0.3, -0.25) is 9.59 Å². The minimum absolute atomic E-state index is 0.0188. The molecule has 3 aromatic carbocycles. The van der Waals surface area contributed by atoms with Crippen molar-refractivity contribution in [2.75, 3.05) is 11.9 Å². The molecule has 5 rings (SSSR count). The van der Waals surface area contributed by atoms with E-state index in [9.17, 15) is 14.4 Å². The highest BCUT2D eigenvalue weighted by Gasteiger charge is 2.33. The molecule has 0 fully saturated rings. The number of nitrogens with zero attached hydrogens (tertiary/aromatic N) is 2. The lowest BCUT2D eigenvalue weighted by Crippen LogP contribution is -2.30. The lowest BCUT2D eigenvalue weighted by molar-refractivity contribution is -0.116. The van der Waals surface area contributed by atoms with Gasteiger partial charge >= 0.3 is 5.97 Å². The first kappa shape index (κ1) is 23.0. The fraction of sp³-hybridized carbons (Fsp3) is 0.143. The Morgan fingerprint density at radius 3 is 2.22 bits per heavy atom. The first-order valence-corrected chi connectivity index (χ1v) is 11.5. The SMILES string of the molecule is CCOC(=O)c1nn(-c2ccccc2C)c(=O)cc1NC(=O)C1c2ccccc2Oc2ccccc21. The molecule has 2 heterocycles. The smallest absolute Gasteiger partial charge is 0.360 e. The molecule has 1 aliphatic heterocycles. The van der Waals surface area contributed by atoms with Crippen molar-refractivity contribution >= 4 is 17.6 Å². The Morgan fingerprint density at radius 2 is 1.58 bits per heavy atom. The molecule has 0 spiro atoms. The summed E-state index contributed by atoms with van der Waals surface area (Å²) < 4.78 is 12.3. The van der Waals surface area contributed by atoms with Crippen LogP contribution in [0.5, 0.6) is 11.5 Å². The second-order valence-corrected chi connectivity index (χ2v) is 8.26. The fourth-order valence-corrected chi connectivity index (χ4v) is 4.27. The van der Waals surface area contributed by atoms with E-state index in [1.807, 2.05) is 55.5 Å². The average molecular weight is 482 g/mol. The summed E-state index contributed by atoms with van der Waals surface area (Å²) in [6.07, 6.45) is 0. The zero-order valence-corrected chi connectivity index (χ0v) is 19.7. The van der Waals surface area contributed by atoms with Crippen molar-refractivity contribution in [1.29, 1.82) is 0 Å². The van der Waals surface area contributed by atoms with Crippen molar-refractivity contribution in [1.82, 2.24) is 9.78 Å². The third kappa shape index (κ3) is 4.13. The largest absolute Gasteiger partial charge is 0.461 e. The van der Waals surface area contributed by atoms with E-state index >= 15 is 0 Å². The first-order valence-electron chi connectivity index (χ1n) is 11.5. The molecule has 8 nitrogen and oxygen atoms in total. The van der Waals surface area contributed by atoms with Gasteiger partial charge in [-0.05, 0) is 37.6 Å². The number of aryl methyl sites for hydroxylation is 1. The van der Waals surface area contributed by atoms with Crippen LogP contribution in [0.1, 0.15) is 40.0 Å². The molecule has 1 aromatic heterocycles. The molecule has 0 saturated heterocycles. The first-order chi connectivity index (χ1) is 17.5. The summed E-state index contributed by atoms with van der Waals surface area (Å²) in [6, 6.07) is 22.9. The van der Waals surface area contributed by atoms with Gasteiger partial charge in [0, 0.05) is 17.2 Å². The molecule has 0 atom stereocenters. The number of benzene rings is 3. The van der Waals surface area contributed by atoms with Crippen LogP contribution in [0.2, 0.25) is 0 Å². The highest BCUT2D eigenvalue weighted by Crippen LogP contribution is 2.44. The molecule has 0 saturated carbocycles. The number of hydrogen-bond acceptors (Lipinski definition) is 6. The number of esters is 1. The maximum Gasteiger partial charge on any atom is 0.360 e. The molecule has 1 N–H and O–H groups in total. The highest BCUT2D eigenvalue weighted by molar-refractivity contribution is 6.04. The van der Waals surface area contributed by atoms with Crippen molar-refractivity contribution in [3.05, 3.63) is 112 Å². The van der Waals surface area contributed by atoms with Crippen molar-refractivity contribution in [3.8, 4) is 17.2 Å². The summed E-state index contributed by atoms with van der Waals surface area (Å²) in [5, 5.41) is 7.06. The van der Waals surface area contributed by atoms with Gasteiger partial charge in [-0.1, -0.05) is 54.6 Å². The number of anilines is 1. The molecule has 0 aliphatic carbocycles. The lowest BCUT2D eigenvalue weighted by atomic mass is 9.87. The van der Waals surface area contributed by atoms with E-state index in [-0.39, 0.29) is 18.0 Å². The van der Waals surface area contributed by atoms with E-state index in [0.29, 0.717) is 28.3 Å². The Labute approximate surface area is 207 Å². The maximum atomic E-state index is 13.7. The summed E-state index contributed by atoms with van der Waals surface area (Å²) in [7, 11) is 0. The lowest BCUT2D eigenvalue weighted by Gasteiger charge is -2.27. The van der Waals surface area contributed by atoms with Crippen LogP contribution in [0.4, 0.5) is 5.69 Å². The van der Waals surface area contributed by atoms with Crippen molar-refractivity contribution < 1.29 is 19.1 Å². The summed E-state index contributed by atoms with van der Waals surface area (Å²) >= 11 is 0. The minimum Gasteiger partial charge on any atom is -0.461 e. The second kappa shape index (κ2) is 9.50. The van der Waals surface area contributed by atoms with Gasteiger partial charge in [0.1, 0.15) is 11.5 Å². The van der Waals surface area contributed by atoms with Crippen LogP contribution < -0.4 is 15.6 Å². The Morgan fingerprint density at radius 1 is 0.972 bits per heavy atom. The molecule has 180 valence electrons. The highest BCUT2D eigenvalue weighted by atomic mass is 16.5. The summed E-state index contributed by atoms with van der Waals surface area (Å²) in [6.45, 7) is 3.62. The third-order valence-electron chi connectivity index (χ3n) is 5.94. The normalized spacial score (nSPS) is 12.2. The molecule has 8 heteroatoms. The molecule has 4 aromatic rings. The molecule has 1 aliphatic rings. The van der Waals surface area contributed by atoms with E-state index in [1.165, 1.54) is 6.07 Å². The van der Waals surface area contributed by atoms with Crippen LogP contribution in [0.25, 0.3) is 5.69 Å². The maximum absolute atomic E-state index is 13.7. The molecule has 0 unspecified atom stereocenters. The molecule has 1 amide bonds. The zero-order valence-electron chi connectivity index (χ0n) is 19.7. The van der Waals surface area contributed by atoms with Gasteiger partial charge in [-0.2, -0.15) is 9.78 Å². The number of ether oxygens (including phenoxy) is 2. The Balaban J connectivity index is 1.59. The average Bonchev–Trinajstić information content (AvgIpc) is 2.88. The number of amides is 1. The third-order valence-corrected chi connectivity index (χ3v) is 5.94. The van der Waals surface area contributed by atoms with E-state index in [0.717, 1.165) is 10.2 Å². The molecular formula is C28H23N3O5. The zero-order chi connectivity index (χ0) is 25.2. The number of carbonyl (C=O) groups is 2. The monoisotopic (exact) mass is 481 g/mol. The quantitative estimate of drug-likeness (QED) is 0.419. The second-order valence-electron chi connectivity index (χ2n) is 8.26. The Kier molecular flexibility index (Phi) is 6.08. The van der Waals surface area contributed by atoms with Gasteiger partial charge in [-0.15, -0.1) is 0 Å². The van der Waals surface area contributed by atoms with Crippen molar-refractivity contribution in [3.63, 3.8) is 0 Å². The van der Waals surface area contributed by atoms with Gasteiger partial charge < -0.3 is 14.8 Å². The van der Waals surface area contributed by atoms with E-state index in [4.69, 9.17) is 9.47 Å². The van der Waals surface area contributed by atoms with E-state index < -0.39 is 23.4 Å². The predicted octanol–water partition coefficient (Wildman–Crippen LogP) is 4.59. The number of aromatic nitrogens is 2. The summed E-state index contributed by atoms with van der Waals surface area (Å²) in [5.74, 6) is -0.772. The fourth-order valence-electron chi connectivity index (χ4n) is 4.27. The van der Waals surface area contributed by atoms with Crippen LogP contribution in [0.3, 0.4) is 0 Å². The summed E-state index contributed by atoms with van der Waals surface area (Å²) in [4.78, 5) is 39.6. The van der Waals surface area contributed by atoms with Gasteiger partial charge in [0.25, 0.3) is 5.56 Å². The minimum atomic E-state index is -0.747. The van der Waals surface area contributed by atoms with Gasteiger partial charge in [0.2, 0.25) is 5.91 Å². The van der Waals surface area contributed by atoms with Crippen LogP contribution in [0.15, 0.2) is 83.7 Å². The molecular weight excluding hydrogens is 458 g/mol. The molecule has 36 heavy (non-hydrogen) atoms. The van der Waals surface area contributed by atoms with Crippen LogP contribution in [-0.2, 0) is 9.53 Å². The number of carbonyl (C=O) groups excluding carboxylic acids is 2. The standard InChI is InChI=1S/C28H23N3O5/c1-3-35-28(34)26-20(16-24(32)31(30-26)21-13-7-4-10-17(21)2)29-27(33)25-18-11-5-8-14-22(18)36-23-15-9-6-12-19(23)25/h4-16,25H,3H2,1-2H3,(H,29,33). The topological polar surface area (TPSA) is 99.5 Å². The van der Waals surface area contributed by atoms with Crippen LogP contribution in [0, 0.1) is 6.92 Å². The van der Waals surface area contributed by atoms with Crippen molar-refractivity contribution in [2.45, 2.75) is 19.8 Å². The van der Waals surface area contributed by atoms with Gasteiger partial charge in [0.15, 0.2) is 5.69 Å². The van der Waals surface area contributed by atoms with Gasteiger partial charge in [-0.25, -0.2) is 4.79 Å². The number of para-hydroxylation sites is 3. The van der Waals surface area contributed by atoms with Crippen LogP contribution >= 0.6 is 0 Å². The van der Waals surface area contributed by atoms with Crippen molar-refractivity contribution in [2.24, 2.45) is 0 Å². The van der Waals surface area contributed by atoms with Gasteiger partial charge in [0.05, 0.1) is 23.9 Å².